The molecule has 1 rings (SSSR count). The van der Waals surface area contributed by atoms with E-state index in [1.165, 1.54) is 39.8 Å². The van der Waals surface area contributed by atoms with Gasteiger partial charge in [0.05, 0.1) is 19.4 Å². The van der Waals surface area contributed by atoms with Crippen LogP contribution in [0.15, 0.2) is 30.3 Å². The minimum Gasteiger partial charge on any atom is -0.481 e. The quantitative estimate of drug-likeness (QED) is 0.0164. The van der Waals surface area contributed by atoms with Crippen LogP contribution in [0, 0.1) is 28.6 Å². The number of hydrogen-bond acceptors (Lipinski definition) is 22. The summed E-state index contributed by atoms with van der Waals surface area (Å²) in [4.78, 5) is 266. The Labute approximate surface area is 680 Å². The molecular formula is C72H117N23O23. The van der Waals surface area contributed by atoms with E-state index in [0.29, 0.717) is 12.0 Å². The Morgan fingerprint density at radius 3 is 1.16 bits per heavy atom. The summed E-state index contributed by atoms with van der Waals surface area (Å²) in [6, 6.07) is -13.3. The third-order valence-electron chi connectivity index (χ3n) is 18.0. The van der Waals surface area contributed by atoms with Crippen molar-refractivity contribution in [1.82, 2.24) is 85.1 Å². The molecule has 46 nitrogen and oxygen atoms in total. The molecule has 46 heteroatoms. The first-order valence-electron chi connectivity index (χ1n) is 38.1. The minimum absolute atomic E-state index is 0.0276. The molecule has 0 aliphatic carbocycles. The van der Waals surface area contributed by atoms with Crippen LogP contribution in [0.25, 0.3) is 0 Å². The van der Waals surface area contributed by atoms with Crippen LogP contribution in [-0.2, 0) is 102 Å². The highest BCUT2D eigenvalue weighted by molar-refractivity contribution is 6.01. The van der Waals surface area contributed by atoms with E-state index >= 15 is 0 Å². The lowest BCUT2D eigenvalue weighted by atomic mass is 9.97. The number of carbonyl (C=O) groups is 20. The Kier molecular flexibility index (Phi) is 46.6. The standard InChI is InChI=1S/C72H117N23O23/c1-10-35(5)56(69(117)82-33-52(99)86-49(32-55(104)105)68(116)91-45(23-26-54(102)103)63(111)93-47(30-40-17-13-12-14-18-40)67(115)94-48(31-51(74)98)65(113)83-37(7)58(75)106)95-64(112)42(20-16-28-81-72(78)79)88-60(108)41(19-15-27-80-71(76)77)89-66(114)46(29-34(3)4)92-62(110)44(22-25-53(100)101)90-61(109)43(21-24-50(73)97)87-59(107)38(8)84-70(118)57(36(6)11-2)85-39(9)96/h12-14,17-18,34-38,41-49,56-57H,10-11,15-16,19-33H2,1-9H3,(H2,73,97)(H2,74,98)(H2,75,106)(H,82,117)(H,83,113)(H,84,118)(H,85,96)(H,86,99)(H,87,107)(H,88,108)(H,89,114)(H,90,109)(H,91,116)(H,92,110)(H,93,111)(H,94,115)(H,95,112)(H,100,101)(H,102,103)(H,104,105)(H4,76,77,80)(H4,78,79,81)/t35-,36-,37-,38-,41-,42-,43-,44-,45-,46-,47-,48-,49-,56-,57-/m0/s1. The van der Waals surface area contributed by atoms with E-state index in [-0.39, 0.29) is 58.0 Å². The van der Waals surface area contributed by atoms with Crippen LogP contribution in [-0.4, -0.2) is 244 Å². The number of guanidine groups is 2. The van der Waals surface area contributed by atoms with E-state index < -0.39 is 284 Å². The fourth-order valence-corrected chi connectivity index (χ4v) is 11.1. The van der Waals surface area contributed by atoms with Crippen molar-refractivity contribution in [2.45, 2.75) is 244 Å². The molecule has 31 N–H and O–H groups in total. The zero-order valence-electron chi connectivity index (χ0n) is 67.5. The molecule has 17 amide bonds. The average molecular weight is 1670 g/mol. The fourth-order valence-electron chi connectivity index (χ4n) is 11.1. The lowest BCUT2D eigenvalue weighted by molar-refractivity contribution is -0.141. The monoisotopic (exact) mass is 1670 g/mol. The summed E-state index contributed by atoms with van der Waals surface area (Å²) in [5.41, 5.74) is 27.4. The van der Waals surface area contributed by atoms with Crippen molar-refractivity contribution >= 4 is 130 Å². The summed E-state index contributed by atoms with van der Waals surface area (Å²) in [7, 11) is 0. The van der Waals surface area contributed by atoms with Gasteiger partial charge in [-0.3, -0.25) is 107 Å². The van der Waals surface area contributed by atoms with E-state index in [2.05, 4.69) is 85.1 Å². The molecule has 0 radical (unpaired) electrons. The molecule has 0 heterocycles. The van der Waals surface area contributed by atoms with Crippen molar-refractivity contribution in [3.63, 3.8) is 0 Å². The highest BCUT2D eigenvalue weighted by atomic mass is 16.4. The van der Waals surface area contributed by atoms with Crippen LogP contribution in [0.1, 0.15) is 164 Å². The van der Waals surface area contributed by atoms with Gasteiger partial charge >= 0.3 is 17.9 Å². The Morgan fingerprint density at radius 1 is 0.373 bits per heavy atom. The number of carbonyl (C=O) groups excluding carboxylic acids is 17. The second-order valence-corrected chi connectivity index (χ2v) is 28.5. The minimum atomic E-state index is -2.09. The summed E-state index contributed by atoms with van der Waals surface area (Å²) < 4.78 is 0. The molecule has 0 bridgehead atoms. The predicted molar refractivity (Wildman–Crippen MR) is 419 cm³/mol. The first kappa shape index (κ1) is 103. The van der Waals surface area contributed by atoms with Crippen molar-refractivity contribution in [2.75, 3.05) is 19.6 Å². The smallest absolute Gasteiger partial charge is 0.305 e. The van der Waals surface area contributed by atoms with Gasteiger partial charge in [-0.25, -0.2) is 0 Å². The van der Waals surface area contributed by atoms with Gasteiger partial charge in [0.1, 0.15) is 78.5 Å². The molecule has 0 fully saturated rings. The first-order chi connectivity index (χ1) is 55.2. The van der Waals surface area contributed by atoms with Crippen molar-refractivity contribution < 1.29 is 111 Å². The largest absolute Gasteiger partial charge is 0.481 e. The predicted octanol–water partition coefficient (Wildman–Crippen LogP) is -7.80. The molecule has 0 aliphatic rings. The molecule has 658 valence electrons. The van der Waals surface area contributed by atoms with E-state index in [9.17, 15) is 111 Å². The van der Waals surface area contributed by atoms with Gasteiger partial charge in [0.2, 0.25) is 100 Å². The van der Waals surface area contributed by atoms with Crippen LogP contribution < -0.4 is 114 Å². The van der Waals surface area contributed by atoms with E-state index in [1.807, 2.05) is 0 Å². The number of carboxylic acid groups (broad SMARTS) is 3. The second kappa shape index (κ2) is 53.3. The molecule has 0 spiro atoms. The maximum atomic E-state index is 14.7. The molecular weight excluding hydrogens is 1550 g/mol. The number of hydrogen-bond donors (Lipinski definition) is 26. The number of primary amides is 3. The van der Waals surface area contributed by atoms with Gasteiger partial charge < -0.3 is 129 Å². The molecule has 0 saturated carbocycles. The van der Waals surface area contributed by atoms with E-state index in [1.54, 1.807) is 52.8 Å². The number of carboxylic acids is 3. The molecule has 1 aromatic rings. The number of rotatable bonds is 57. The van der Waals surface area contributed by atoms with Gasteiger partial charge in [-0.1, -0.05) is 84.7 Å². The molecule has 0 saturated heterocycles. The molecule has 0 aromatic heterocycles. The van der Waals surface area contributed by atoms with Gasteiger partial charge in [0, 0.05) is 45.7 Å². The number of aliphatic carboxylic acids is 3. The summed E-state index contributed by atoms with van der Waals surface area (Å²) in [6.07, 6.45) is -6.55. The number of nitrogens with two attached hydrogens (primary N) is 5. The fraction of sp³-hybridized carbons (Fsp3) is 0.611. The third-order valence-corrected chi connectivity index (χ3v) is 18.0. The first-order valence-corrected chi connectivity index (χ1v) is 38.1. The second-order valence-electron chi connectivity index (χ2n) is 28.5. The Morgan fingerprint density at radius 2 is 0.746 bits per heavy atom. The zero-order chi connectivity index (χ0) is 89.8. The van der Waals surface area contributed by atoms with Crippen LogP contribution in [0.5, 0.6) is 0 Å². The Balaban J connectivity index is 3.75. The lowest BCUT2D eigenvalue weighted by Gasteiger charge is -2.29. The highest BCUT2D eigenvalue weighted by Gasteiger charge is 2.39. The summed E-state index contributed by atoms with van der Waals surface area (Å²) >= 11 is 0. The average Bonchev–Trinajstić information content (AvgIpc) is 0.857. The van der Waals surface area contributed by atoms with Gasteiger partial charge in [-0.2, -0.15) is 0 Å². The summed E-state index contributed by atoms with van der Waals surface area (Å²) in [5.74, 6) is -25.1. The molecule has 118 heavy (non-hydrogen) atoms. The SMILES string of the molecule is CC[C@H](C)[C@H](NC(C)=O)C(=O)N[C@@H](C)C(=O)N[C@@H](CCC(N)=O)C(=O)N[C@@H](CCC(=O)O)C(=O)N[C@@H](CC(C)C)C(=O)N[C@@H](CCCNC(=N)N)C(=O)N[C@@H](CCCNC(=N)N)C(=O)N[C@H](C(=O)NCC(=O)N[C@@H](CC(=O)O)C(=O)N[C@@H](CCC(=O)O)C(=O)N[C@@H](Cc1ccccc1)C(=O)N[C@@H](CC(N)=O)C(=O)N[C@@H](C)C(N)=O)[C@@H](C)CC. The molecule has 1 aromatic carbocycles. The Hall–Kier alpha value is -12.8. The maximum absolute atomic E-state index is 14.7. The molecule has 0 unspecified atom stereocenters. The van der Waals surface area contributed by atoms with Crippen LogP contribution in [0.3, 0.4) is 0 Å². The molecule has 15 atom stereocenters. The van der Waals surface area contributed by atoms with Crippen LogP contribution in [0.4, 0.5) is 0 Å². The van der Waals surface area contributed by atoms with Crippen LogP contribution in [0.2, 0.25) is 0 Å². The van der Waals surface area contributed by atoms with E-state index in [4.69, 9.17) is 39.5 Å². The number of amides is 17. The van der Waals surface area contributed by atoms with E-state index in [0.717, 1.165) is 0 Å². The topological polar surface area (TPSA) is 772 Å². The molecule has 0 aliphatic heterocycles. The van der Waals surface area contributed by atoms with Crippen molar-refractivity contribution in [3.8, 4) is 0 Å². The maximum Gasteiger partial charge on any atom is 0.305 e. The normalized spacial score (nSPS) is 14.7. The Bertz CT molecular complexity index is 3720. The summed E-state index contributed by atoms with van der Waals surface area (Å²) in [6.45, 7) is 12.3. The van der Waals surface area contributed by atoms with Crippen molar-refractivity contribution in [2.24, 2.45) is 46.4 Å². The van der Waals surface area contributed by atoms with Gasteiger partial charge in [0.25, 0.3) is 0 Å². The summed E-state index contributed by atoms with van der Waals surface area (Å²) in [5, 5.41) is 83.0. The van der Waals surface area contributed by atoms with Crippen molar-refractivity contribution in [3.05, 3.63) is 35.9 Å². The lowest BCUT2D eigenvalue weighted by Crippen LogP contribution is -2.61. The van der Waals surface area contributed by atoms with Gasteiger partial charge in [-0.15, -0.1) is 0 Å². The third kappa shape index (κ3) is 41.5. The number of nitrogens with one attached hydrogen (secondary N) is 18. The zero-order valence-corrected chi connectivity index (χ0v) is 67.5. The van der Waals surface area contributed by atoms with Crippen molar-refractivity contribution in [1.29, 1.82) is 10.8 Å². The van der Waals surface area contributed by atoms with Crippen LogP contribution >= 0.6 is 0 Å². The highest BCUT2D eigenvalue weighted by Crippen LogP contribution is 2.15. The van der Waals surface area contributed by atoms with Gasteiger partial charge in [-0.05, 0) is 88.5 Å². The number of benzene rings is 1. The van der Waals surface area contributed by atoms with Gasteiger partial charge in [0.15, 0.2) is 11.9 Å².